The molecule has 7 atom stereocenters. The summed E-state index contributed by atoms with van der Waals surface area (Å²) in [5.74, 6) is 1.35. The van der Waals surface area contributed by atoms with E-state index in [0.29, 0.717) is 54.4 Å². The molecule has 0 aliphatic heterocycles. The molecule has 6 heteroatoms. The van der Waals surface area contributed by atoms with Crippen LogP contribution in [-0.2, 0) is 9.59 Å². The number of carboxylic acid groups (broad SMARTS) is 1. The zero-order valence-electron chi connectivity index (χ0n) is 25.5. The van der Waals surface area contributed by atoms with Crippen LogP contribution in [0.1, 0.15) is 96.8 Å². The Bertz CT molecular complexity index is 1340. The van der Waals surface area contributed by atoms with E-state index < -0.39 is 11.4 Å². The van der Waals surface area contributed by atoms with Gasteiger partial charge in [-0.05, 0) is 85.3 Å². The molecule has 0 bridgehead atoms. The van der Waals surface area contributed by atoms with E-state index in [2.05, 4.69) is 64.2 Å². The first-order chi connectivity index (χ1) is 19.3. The van der Waals surface area contributed by atoms with E-state index in [1.54, 1.807) is 24.3 Å². The number of para-hydroxylation sites is 1. The summed E-state index contributed by atoms with van der Waals surface area (Å²) < 4.78 is 0. The predicted octanol–water partition coefficient (Wildman–Crippen LogP) is 7.72. The Morgan fingerprint density at radius 3 is 2.49 bits per heavy atom. The first kappa shape index (κ1) is 29.5. The summed E-state index contributed by atoms with van der Waals surface area (Å²) in [4.78, 5) is 39.7. The number of fused-ring (bicyclic) bond motifs is 2. The van der Waals surface area contributed by atoms with Crippen LogP contribution < -0.4 is 5.43 Å². The molecule has 0 radical (unpaired) electrons. The highest BCUT2D eigenvalue weighted by atomic mass is 16.4. The summed E-state index contributed by atoms with van der Waals surface area (Å²) in [6.07, 6.45) is 11.8. The quantitative estimate of drug-likeness (QED) is 0.264. The number of rotatable bonds is 7. The summed E-state index contributed by atoms with van der Waals surface area (Å²) >= 11 is 0. The predicted molar refractivity (Wildman–Crippen MR) is 163 cm³/mol. The van der Waals surface area contributed by atoms with Crippen LogP contribution in [0.2, 0.25) is 0 Å². The van der Waals surface area contributed by atoms with Crippen molar-refractivity contribution >= 4 is 28.9 Å². The number of Topliss-reactive ketones (excluding diaryl/α,β-unsaturated/α-hetero) is 2. The molecule has 3 saturated carbocycles. The zero-order valence-corrected chi connectivity index (χ0v) is 25.5. The Labute approximate surface area is 244 Å². The number of ketones is 2. The van der Waals surface area contributed by atoms with Crippen molar-refractivity contribution in [1.29, 1.82) is 0 Å². The number of allylic oxidation sites excluding steroid dienone is 4. The topological polar surface area (TPSA) is 95.8 Å². The Morgan fingerprint density at radius 2 is 1.78 bits per heavy atom. The van der Waals surface area contributed by atoms with Crippen LogP contribution >= 0.6 is 0 Å². The minimum absolute atomic E-state index is 0.0841. The van der Waals surface area contributed by atoms with Crippen LogP contribution in [0.4, 0.5) is 5.69 Å². The number of nitrogens with one attached hydrogen (secondary N) is 1. The highest BCUT2D eigenvalue weighted by Crippen LogP contribution is 2.74. The van der Waals surface area contributed by atoms with Crippen molar-refractivity contribution in [3.63, 3.8) is 0 Å². The number of carbonyl (C=O) groups excluding carboxylic acids is 2. The number of nitrogens with zero attached hydrogens (tertiary/aromatic N) is 1. The molecular formula is C35H46N2O4. The second-order valence-corrected chi connectivity index (χ2v) is 14.0. The molecule has 6 nitrogen and oxygen atoms in total. The van der Waals surface area contributed by atoms with Crippen molar-refractivity contribution in [3.05, 3.63) is 53.6 Å². The molecule has 4 aliphatic rings. The van der Waals surface area contributed by atoms with Gasteiger partial charge in [-0.25, -0.2) is 4.79 Å². The van der Waals surface area contributed by atoms with E-state index in [4.69, 9.17) is 0 Å². The Morgan fingerprint density at radius 1 is 1.05 bits per heavy atom. The zero-order chi connectivity index (χ0) is 29.7. The summed E-state index contributed by atoms with van der Waals surface area (Å²) in [5, 5.41) is 14.0. The number of hydrazone groups is 1. The van der Waals surface area contributed by atoms with Gasteiger partial charge < -0.3 is 5.11 Å². The van der Waals surface area contributed by atoms with Crippen LogP contribution in [0.5, 0.6) is 0 Å². The fourth-order valence-corrected chi connectivity index (χ4v) is 9.03. The van der Waals surface area contributed by atoms with Gasteiger partial charge in [-0.15, -0.1) is 0 Å². The Balaban J connectivity index is 1.46. The molecule has 1 spiro atoms. The van der Waals surface area contributed by atoms with Crippen molar-refractivity contribution in [2.45, 2.75) is 86.5 Å². The number of anilines is 1. The first-order valence-electron chi connectivity index (χ1n) is 15.5. The third-order valence-corrected chi connectivity index (χ3v) is 11.8. The minimum atomic E-state index is -1.02. The third kappa shape index (κ3) is 4.62. The second-order valence-electron chi connectivity index (χ2n) is 14.0. The fraction of sp³-hybridized carbons (Fsp3) is 0.600. The molecule has 3 fully saturated rings. The molecule has 1 aromatic carbocycles. The molecule has 41 heavy (non-hydrogen) atoms. The van der Waals surface area contributed by atoms with E-state index in [1.807, 2.05) is 6.08 Å². The van der Waals surface area contributed by atoms with Gasteiger partial charge in [0.2, 0.25) is 0 Å². The third-order valence-electron chi connectivity index (χ3n) is 11.8. The van der Waals surface area contributed by atoms with E-state index >= 15 is 0 Å². The number of benzene rings is 1. The lowest BCUT2D eigenvalue weighted by molar-refractivity contribution is -0.164. The maximum Gasteiger partial charge on any atom is 0.337 e. The molecular weight excluding hydrogens is 512 g/mol. The highest BCUT2D eigenvalue weighted by molar-refractivity contribution is 6.10. The average Bonchev–Trinajstić information content (AvgIpc) is 3.26. The standard InChI is InChI=1S/C35H46N2O4/c1-21(2)22(3)11-12-23(4)26-13-14-31(39)35-20-29(38)27-19-24(36-37-28-10-8-7-9-25(28)32(40)41)15-17-33(27,5)30(35)16-18-34(26,35)6/h7-12,19,21-23,26,30,37H,13-18,20H2,1-6H3,(H,40,41)/b12-11+,36-24-/t22-,23+,26+,30+,33-,34+,35-/m0/s1. The van der Waals surface area contributed by atoms with Gasteiger partial charge in [0.05, 0.1) is 17.0 Å². The molecule has 4 aliphatic carbocycles. The van der Waals surface area contributed by atoms with E-state index in [1.165, 1.54) is 0 Å². The fourth-order valence-electron chi connectivity index (χ4n) is 9.03. The number of hydrogen-bond acceptors (Lipinski definition) is 5. The van der Waals surface area contributed by atoms with Crippen LogP contribution in [-0.4, -0.2) is 28.4 Å². The molecule has 1 aromatic rings. The van der Waals surface area contributed by atoms with Crippen LogP contribution in [0.15, 0.2) is 53.2 Å². The largest absolute Gasteiger partial charge is 0.478 e. The van der Waals surface area contributed by atoms with Gasteiger partial charge in [0.1, 0.15) is 5.78 Å². The maximum atomic E-state index is 14.1. The summed E-state index contributed by atoms with van der Waals surface area (Å²) in [6, 6.07) is 6.68. The van der Waals surface area contributed by atoms with E-state index in [9.17, 15) is 19.5 Å². The second kappa shape index (κ2) is 10.7. The van der Waals surface area contributed by atoms with Crippen molar-refractivity contribution in [2.75, 3.05) is 5.43 Å². The summed E-state index contributed by atoms with van der Waals surface area (Å²) in [7, 11) is 0. The molecule has 2 N–H and O–H groups in total. The van der Waals surface area contributed by atoms with Crippen molar-refractivity contribution in [2.24, 2.45) is 50.9 Å². The minimum Gasteiger partial charge on any atom is -0.478 e. The van der Waals surface area contributed by atoms with Gasteiger partial charge in [0.25, 0.3) is 0 Å². The number of aromatic carboxylic acids is 1. The Hall–Kier alpha value is -3.02. The molecule has 0 unspecified atom stereocenters. The number of carbonyl (C=O) groups is 3. The SMILES string of the molecule is CC(C)[C@@H](C)/C=C/[C@@H](C)[C@H]1CCC(=O)[C@]23CC(=O)C4=C/C(=N\Nc5ccccc5C(=O)O)CC[C@]4(C)[C@H]2CC[C@]13C. The molecule has 0 saturated heterocycles. The summed E-state index contributed by atoms with van der Waals surface area (Å²) in [6.45, 7) is 13.6. The molecule has 220 valence electrons. The summed E-state index contributed by atoms with van der Waals surface area (Å²) in [5.41, 5.74) is 3.88. The van der Waals surface area contributed by atoms with Gasteiger partial charge in [0.15, 0.2) is 5.78 Å². The van der Waals surface area contributed by atoms with Crippen LogP contribution in [0.25, 0.3) is 0 Å². The average molecular weight is 559 g/mol. The van der Waals surface area contributed by atoms with Crippen LogP contribution in [0.3, 0.4) is 0 Å². The molecule has 0 heterocycles. The van der Waals surface area contributed by atoms with Gasteiger partial charge in [-0.3, -0.25) is 15.0 Å². The van der Waals surface area contributed by atoms with E-state index in [0.717, 1.165) is 37.0 Å². The first-order valence-corrected chi connectivity index (χ1v) is 15.5. The van der Waals surface area contributed by atoms with Gasteiger partial charge in [-0.2, -0.15) is 5.10 Å². The lowest BCUT2D eigenvalue weighted by Gasteiger charge is -2.60. The van der Waals surface area contributed by atoms with Crippen molar-refractivity contribution < 1.29 is 19.5 Å². The van der Waals surface area contributed by atoms with Crippen molar-refractivity contribution in [3.8, 4) is 0 Å². The maximum absolute atomic E-state index is 14.1. The van der Waals surface area contributed by atoms with Crippen molar-refractivity contribution in [1.82, 2.24) is 0 Å². The van der Waals surface area contributed by atoms with Gasteiger partial charge in [0, 0.05) is 29.2 Å². The van der Waals surface area contributed by atoms with E-state index in [-0.39, 0.29) is 28.1 Å². The Kier molecular flexibility index (Phi) is 7.67. The van der Waals surface area contributed by atoms with Gasteiger partial charge in [-0.1, -0.05) is 65.8 Å². The number of carboxylic acids is 1. The van der Waals surface area contributed by atoms with Crippen LogP contribution in [0, 0.1) is 45.8 Å². The molecule has 5 rings (SSSR count). The lowest BCUT2D eigenvalue weighted by atomic mass is 9.41. The lowest BCUT2D eigenvalue weighted by Crippen LogP contribution is -2.61. The monoisotopic (exact) mass is 558 g/mol. The number of hydrogen-bond donors (Lipinski definition) is 2. The normalized spacial score (nSPS) is 35.6. The van der Waals surface area contributed by atoms with Gasteiger partial charge >= 0.3 is 5.97 Å². The molecule has 0 aromatic heterocycles. The highest BCUT2D eigenvalue weighted by Gasteiger charge is 2.72. The molecule has 0 amide bonds. The smallest absolute Gasteiger partial charge is 0.337 e.